The van der Waals surface area contributed by atoms with Crippen LogP contribution < -0.4 is 10.6 Å². The standard InChI is InChI=1S/C40H42N4O2S2/c1-6-39(24-14-10-8-11-15-24)29-26(42-35-33(39)47-23-41-35)18-21-38(5,32(29)46)22-28-43-36-34(48-28)40(7-2,25-16-12-9-13-17-25)30-27(45)19-20-37(3,4)31(30)44-36/h8-17,23,42,44H,6-7,18-22H2,1-5H3/t38?,39-,40-/m0/s1. The second-order valence-electron chi connectivity index (χ2n) is 14.8. The van der Waals surface area contributed by atoms with Gasteiger partial charge in [0.25, 0.3) is 0 Å². The fourth-order valence-electron chi connectivity index (χ4n) is 9.01. The molecule has 3 atom stereocenters. The van der Waals surface area contributed by atoms with Crippen molar-refractivity contribution in [3.63, 3.8) is 0 Å². The van der Waals surface area contributed by atoms with Crippen LogP contribution in [0.3, 0.4) is 0 Å². The van der Waals surface area contributed by atoms with Crippen LogP contribution >= 0.6 is 22.7 Å². The van der Waals surface area contributed by atoms with Gasteiger partial charge in [-0.2, -0.15) is 0 Å². The van der Waals surface area contributed by atoms with E-state index >= 15 is 4.79 Å². The molecule has 2 aliphatic heterocycles. The lowest BCUT2D eigenvalue weighted by Gasteiger charge is -2.46. The minimum absolute atomic E-state index is 0.182. The normalized spacial score (nSPS) is 27.4. The Hall–Kier alpha value is -3.88. The first-order chi connectivity index (χ1) is 23.1. The number of hydrogen-bond donors (Lipinski definition) is 2. The Labute approximate surface area is 290 Å². The van der Waals surface area contributed by atoms with Crippen molar-refractivity contribution in [1.29, 1.82) is 0 Å². The molecule has 8 heteroatoms. The van der Waals surface area contributed by atoms with Gasteiger partial charge >= 0.3 is 0 Å². The molecule has 2 aliphatic carbocycles. The van der Waals surface area contributed by atoms with Gasteiger partial charge in [0.1, 0.15) is 11.6 Å². The van der Waals surface area contributed by atoms with Crippen molar-refractivity contribution in [1.82, 2.24) is 9.97 Å². The molecule has 6 nitrogen and oxygen atoms in total. The number of nitrogens with one attached hydrogen (secondary N) is 2. The number of rotatable bonds is 6. The molecule has 0 saturated carbocycles. The van der Waals surface area contributed by atoms with E-state index in [1.165, 1.54) is 0 Å². The lowest BCUT2D eigenvalue weighted by molar-refractivity contribution is -0.125. The fraction of sp³-hybridized carbons (Fsp3) is 0.400. The summed E-state index contributed by atoms with van der Waals surface area (Å²) in [5, 5.41) is 8.23. The summed E-state index contributed by atoms with van der Waals surface area (Å²) < 4.78 is 0. The fourth-order valence-corrected chi connectivity index (χ4v) is 11.6. The van der Waals surface area contributed by atoms with Crippen molar-refractivity contribution < 1.29 is 9.59 Å². The van der Waals surface area contributed by atoms with Gasteiger partial charge in [0, 0.05) is 46.2 Å². The predicted molar refractivity (Wildman–Crippen MR) is 195 cm³/mol. The van der Waals surface area contributed by atoms with Crippen LogP contribution in [0.4, 0.5) is 11.6 Å². The van der Waals surface area contributed by atoms with Gasteiger partial charge in [-0.15, -0.1) is 22.7 Å². The maximum atomic E-state index is 15.1. The topological polar surface area (TPSA) is 84.0 Å². The average molecular weight is 675 g/mol. The minimum atomic E-state index is -0.637. The molecule has 2 aromatic heterocycles. The molecule has 1 unspecified atom stereocenters. The third-order valence-electron chi connectivity index (χ3n) is 11.7. The van der Waals surface area contributed by atoms with Crippen LogP contribution in [0, 0.1) is 10.8 Å². The monoisotopic (exact) mass is 674 g/mol. The number of nitrogens with zero attached hydrogens (tertiary/aromatic N) is 2. The zero-order chi connectivity index (χ0) is 33.5. The Morgan fingerprint density at radius 2 is 1.42 bits per heavy atom. The number of hydrogen-bond acceptors (Lipinski definition) is 8. The zero-order valence-electron chi connectivity index (χ0n) is 28.3. The van der Waals surface area contributed by atoms with Crippen molar-refractivity contribution in [3.8, 4) is 0 Å². The predicted octanol–water partition coefficient (Wildman–Crippen LogP) is 9.35. The molecule has 48 heavy (non-hydrogen) atoms. The maximum absolute atomic E-state index is 15.1. The van der Waals surface area contributed by atoms with E-state index in [9.17, 15) is 4.79 Å². The minimum Gasteiger partial charge on any atom is -0.342 e. The van der Waals surface area contributed by atoms with Crippen molar-refractivity contribution in [2.24, 2.45) is 10.8 Å². The van der Waals surface area contributed by atoms with Crippen molar-refractivity contribution in [2.45, 2.75) is 90.4 Å². The molecule has 0 spiro atoms. The highest BCUT2D eigenvalue weighted by molar-refractivity contribution is 7.12. The molecule has 4 aliphatic rings. The van der Waals surface area contributed by atoms with E-state index in [-0.39, 0.29) is 17.0 Å². The lowest BCUT2D eigenvalue weighted by atomic mass is 9.59. The molecular formula is C40H42N4O2S2. The average Bonchev–Trinajstić information content (AvgIpc) is 3.74. The van der Waals surface area contributed by atoms with Gasteiger partial charge in [-0.05, 0) is 43.2 Å². The second-order valence-corrected chi connectivity index (χ2v) is 16.7. The first-order valence-electron chi connectivity index (χ1n) is 17.2. The van der Waals surface area contributed by atoms with E-state index in [1.54, 1.807) is 22.7 Å². The van der Waals surface area contributed by atoms with Gasteiger partial charge in [0.2, 0.25) is 0 Å². The largest absolute Gasteiger partial charge is 0.342 e. The van der Waals surface area contributed by atoms with Crippen molar-refractivity contribution in [2.75, 3.05) is 10.6 Å². The molecule has 2 aromatic carbocycles. The Morgan fingerprint density at radius 1 is 0.771 bits per heavy atom. The summed E-state index contributed by atoms with van der Waals surface area (Å²) in [5.41, 5.74) is 6.00. The third-order valence-corrected chi connectivity index (χ3v) is 13.9. The van der Waals surface area contributed by atoms with Gasteiger partial charge in [-0.1, -0.05) is 95.3 Å². The Balaban J connectivity index is 1.23. The van der Waals surface area contributed by atoms with E-state index in [0.29, 0.717) is 12.8 Å². The van der Waals surface area contributed by atoms with Crippen molar-refractivity contribution in [3.05, 3.63) is 115 Å². The molecule has 4 aromatic rings. The number of ketones is 2. The zero-order valence-corrected chi connectivity index (χ0v) is 30.0. The van der Waals surface area contributed by atoms with Crippen LogP contribution in [0.2, 0.25) is 0 Å². The van der Waals surface area contributed by atoms with Crippen LogP contribution in [-0.2, 0) is 26.8 Å². The third kappa shape index (κ3) is 4.27. The van der Waals surface area contributed by atoms with Crippen LogP contribution in [0.25, 0.3) is 0 Å². The van der Waals surface area contributed by atoms with Gasteiger partial charge in [0.05, 0.1) is 31.1 Å². The number of carbonyl (C=O) groups excluding carboxylic acids is 2. The van der Waals surface area contributed by atoms with E-state index in [4.69, 9.17) is 9.97 Å². The molecule has 8 rings (SSSR count). The number of allylic oxidation sites excluding steroid dienone is 4. The maximum Gasteiger partial charge on any atom is 0.168 e. The number of fused-ring (bicyclic) bond motifs is 2. The number of benzene rings is 2. The number of anilines is 2. The SMILES string of the molecule is CC[C@]1(c2ccccc2)C2=C(CCC(C)(Cc3nc4c(s3)[C@@](CC)(c3ccccc3)C3=C(N4)C(C)(C)CCC3=O)C2=O)Nc2ncsc21. The van der Waals surface area contributed by atoms with E-state index in [1.807, 2.05) is 17.6 Å². The molecule has 4 heterocycles. The second kappa shape index (κ2) is 11.1. The molecule has 0 radical (unpaired) electrons. The van der Waals surface area contributed by atoms with Crippen LogP contribution in [0.1, 0.15) is 99.0 Å². The summed E-state index contributed by atoms with van der Waals surface area (Å²) in [6.45, 7) is 11.0. The van der Waals surface area contributed by atoms with E-state index in [0.717, 1.165) is 92.2 Å². The molecule has 0 saturated heterocycles. The molecule has 246 valence electrons. The first kappa shape index (κ1) is 31.4. The molecule has 0 bridgehead atoms. The van der Waals surface area contributed by atoms with Crippen LogP contribution in [0.15, 0.2) is 88.7 Å². The summed E-state index contributed by atoms with van der Waals surface area (Å²) in [5.74, 6) is 2.14. The van der Waals surface area contributed by atoms with E-state index < -0.39 is 16.2 Å². The summed E-state index contributed by atoms with van der Waals surface area (Å²) in [7, 11) is 0. The summed E-state index contributed by atoms with van der Waals surface area (Å²) in [4.78, 5) is 41.3. The smallest absolute Gasteiger partial charge is 0.168 e. The van der Waals surface area contributed by atoms with E-state index in [2.05, 4.69) is 93.8 Å². The Bertz CT molecular complexity index is 2020. The number of carbonyl (C=O) groups is 2. The molecule has 2 N–H and O–H groups in total. The summed E-state index contributed by atoms with van der Waals surface area (Å²) >= 11 is 3.31. The van der Waals surface area contributed by atoms with Crippen LogP contribution in [0.5, 0.6) is 0 Å². The quantitative estimate of drug-likeness (QED) is 0.212. The molecular weight excluding hydrogens is 633 g/mol. The summed E-state index contributed by atoms with van der Waals surface area (Å²) in [6, 6.07) is 21.0. The Morgan fingerprint density at radius 3 is 2.06 bits per heavy atom. The van der Waals surface area contributed by atoms with Crippen molar-refractivity contribution >= 4 is 45.9 Å². The highest BCUT2D eigenvalue weighted by Gasteiger charge is 2.55. The van der Waals surface area contributed by atoms with Crippen LogP contribution in [-0.4, -0.2) is 21.5 Å². The van der Waals surface area contributed by atoms with Gasteiger partial charge in [-0.3, -0.25) is 9.59 Å². The molecule has 0 amide bonds. The Kier molecular flexibility index (Phi) is 7.24. The highest BCUT2D eigenvalue weighted by atomic mass is 32.1. The number of Topliss-reactive ketones (excluding diaryl/α,β-unsaturated/α-hetero) is 2. The summed E-state index contributed by atoms with van der Waals surface area (Å²) in [6.07, 6.45) is 4.90. The number of aromatic nitrogens is 2. The number of thiazole rings is 2. The molecule has 0 fully saturated rings. The first-order valence-corrected chi connectivity index (χ1v) is 18.9. The van der Waals surface area contributed by atoms with Gasteiger partial charge < -0.3 is 10.6 Å². The van der Waals surface area contributed by atoms with Gasteiger partial charge in [0.15, 0.2) is 11.6 Å². The van der Waals surface area contributed by atoms with Gasteiger partial charge in [-0.25, -0.2) is 9.97 Å². The lowest BCUT2D eigenvalue weighted by Crippen LogP contribution is -2.46. The highest BCUT2D eigenvalue weighted by Crippen LogP contribution is 2.59.